The number of amides is 2. The lowest BCUT2D eigenvalue weighted by molar-refractivity contribution is -0.528. The first-order valence-electron chi connectivity index (χ1n) is 10.5. The molecule has 1 aliphatic carbocycles. The van der Waals surface area contributed by atoms with Gasteiger partial charge in [0.1, 0.15) is 22.7 Å². The zero-order valence-corrected chi connectivity index (χ0v) is 19.4. The third-order valence-electron chi connectivity index (χ3n) is 6.10. The molecule has 1 N–H and O–H groups in total. The monoisotopic (exact) mass is 464 g/mol. The van der Waals surface area contributed by atoms with E-state index in [1.807, 2.05) is 0 Å². The molecule has 11 nitrogen and oxygen atoms in total. The Bertz CT molecular complexity index is 1010. The average molecular weight is 464 g/mol. The number of hydrogen-bond acceptors (Lipinski definition) is 9. The molecule has 0 bridgehead atoms. The molecule has 3 rings (SSSR count). The summed E-state index contributed by atoms with van der Waals surface area (Å²) in [6, 6.07) is 2.69. The van der Waals surface area contributed by atoms with Crippen LogP contribution in [0.4, 0.5) is 10.5 Å². The van der Waals surface area contributed by atoms with E-state index in [0.29, 0.717) is 0 Å². The molecule has 1 heterocycles. The molecule has 1 spiro atoms. The van der Waals surface area contributed by atoms with E-state index in [9.17, 15) is 29.6 Å². The van der Waals surface area contributed by atoms with E-state index in [0.717, 1.165) is 4.90 Å². The van der Waals surface area contributed by atoms with Gasteiger partial charge in [0.15, 0.2) is 0 Å². The molecular formula is C22H28N2O9. The quantitative estimate of drug-likeness (QED) is 0.402. The van der Waals surface area contributed by atoms with Gasteiger partial charge >= 0.3 is 12.1 Å². The molecule has 1 aliphatic heterocycles. The van der Waals surface area contributed by atoms with Crippen molar-refractivity contribution >= 4 is 23.7 Å². The van der Waals surface area contributed by atoms with Crippen molar-refractivity contribution in [2.45, 2.75) is 63.7 Å². The minimum Gasteiger partial charge on any atom is -0.497 e. The smallest absolute Gasteiger partial charge is 0.421 e. The third-order valence-corrected chi connectivity index (χ3v) is 6.10. The van der Waals surface area contributed by atoms with Crippen LogP contribution in [0.25, 0.3) is 0 Å². The van der Waals surface area contributed by atoms with Gasteiger partial charge in [0.05, 0.1) is 25.0 Å². The van der Waals surface area contributed by atoms with Gasteiger partial charge in [-0.3, -0.25) is 19.7 Å². The molecule has 0 saturated heterocycles. The Labute approximate surface area is 190 Å². The summed E-state index contributed by atoms with van der Waals surface area (Å²) in [6.07, 6.45) is -1.53. The molecule has 2 amide bonds. The summed E-state index contributed by atoms with van der Waals surface area (Å²) in [5.41, 5.74) is -5.09. The summed E-state index contributed by atoms with van der Waals surface area (Å²) in [4.78, 5) is 52.1. The Balaban J connectivity index is 2.34. The fourth-order valence-corrected chi connectivity index (χ4v) is 4.94. The summed E-state index contributed by atoms with van der Waals surface area (Å²) >= 11 is 0. The number of anilines is 1. The maximum absolute atomic E-state index is 14.0. The van der Waals surface area contributed by atoms with E-state index >= 15 is 0 Å². The number of aliphatic hydroxyl groups is 1. The van der Waals surface area contributed by atoms with Crippen LogP contribution in [-0.4, -0.2) is 59.0 Å². The van der Waals surface area contributed by atoms with E-state index in [-0.39, 0.29) is 23.6 Å². The minimum absolute atomic E-state index is 0.0496. The van der Waals surface area contributed by atoms with Gasteiger partial charge in [-0.05, 0) is 58.4 Å². The highest BCUT2D eigenvalue weighted by molar-refractivity contribution is 6.23. The number of rotatable bonds is 4. The first-order valence-corrected chi connectivity index (χ1v) is 10.5. The van der Waals surface area contributed by atoms with Gasteiger partial charge in [-0.25, -0.2) is 9.69 Å². The summed E-state index contributed by atoms with van der Waals surface area (Å²) in [7, 11) is 1.38. The van der Waals surface area contributed by atoms with E-state index < -0.39 is 57.9 Å². The molecular weight excluding hydrogens is 436 g/mol. The van der Waals surface area contributed by atoms with Crippen LogP contribution in [0.2, 0.25) is 0 Å². The Morgan fingerprint density at radius 2 is 1.97 bits per heavy atom. The van der Waals surface area contributed by atoms with Crippen LogP contribution < -0.4 is 9.64 Å². The van der Waals surface area contributed by atoms with Crippen molar-refractivity contribution in [3.63, 3.8) is 0 Å². The van der Waals surface area contributed by atoms with Crippen LogP contribution in [-0.2, 0) is 24.5 Å². The number of benzene rings is 1. The molecule has 1 aromatic carbocycles. The maximum atomic E-state index is 14.0. The van der Waals surface area contributed by atoms with Crippen molar-refractivity contribution in [2.24, 2.45) is 5.92 Å². The van der Waals surface area contributed by atoms with Gasteiger partial charge in [-0.15, -0.1) is 0 Å². The van der Waals surface area contributed by atoms with Crippen LogP contribution in [0.1, 0.15) is 46.6 Å². The fraction of sp³-hybridized carbons (Fsp3) is 0.591. The molecule has 180 valence electrons. The molecule has 11 heteroatoms. The molecule has 4 atom stereocenters. The highest BCUT2D eigenvalue weighted by Crippen LogP contribution is 2.60. The molecule has 33 heavy (non-hydrogen) atoms. The number of nitrogens with zero attached hydrogens (tertiary/aromatic N) is 2. The summed E-state index contributed by atoms with van der Waals surface area (Å²) in [5, 5.41) is 23.5. The van der Waals surface area contributed by atoms with Gasteiger partial charge in [-0.1, -0.05) is 0 Å². The summed E-state index contributed by atoms with van der Waals surface area (Å²) in [5.74, 6) is -3.42. The number of nitro groups is 1. The van der Waals surface area contributed by atoms with Crippen LogP contribution in [0.5, 0.6) is 5.75 Å². The number of hydrogen-bond donors (Lipinski definition) is 1. The largest absolute Gasteiger partial charge is 0.497 e. The summed E-state index contributed by atoms with van der Waals surface area (Å²) < 4.78 is 15.8. The first kappa shape index (κ1) is 24.4. The van der Waals surface area contributed by atoms with E-state index in [1.54, 1.807) is 20.8 Å². The predicted molar refractivity (Wildman–Crippen MR) is 115 cm³/mol. The van der Waals surface area contributed by atoms with Crippen molar-refractivity contribution in [2.75, 3.05) is 18.6 Å². The average Bonchev–Trinajstić information content (AvgIpc) is 3.10. The Kier molecular flexibility index (Phi) is 5.91. The normalized spacial score (nSPS) is 28.6. The number of methoxy groups -OCH3 is 1. The van der Waals surface area contributed by atoms with Crippen molar-refractivity contribution in [3.8, 4) is 5.75 Å². The maximum Gasteiger partial charge on any atom is 0.421 e. The van der Waals surface area contributed by atoms with Crippen molar-refractivity contribution < 1.29 is 38.6 Å². The zero-order chi connectivity index (χ0) is 24.9. The fourth-order valence-electron chi connectivity index (χ4n) is 4.94. The number of carbonyl (C=O) groups is 3. The first-order chi connectivity index (χ1) is 15.2. The van der Waals surface area contributed by atoms with Crippen molar-refractivity contribution in [3.05, 3.63) is 33.9 Å². The highest BCUT2D eigenvalue weighted by atomic mass is 16.6. The topological polar surface area (TPSA) is 146 Å². The number of imide groups is 1. The molecule has 1 aromatic rings. The van der Waals surface area contributed by atoms with E-state index in [1.165, 1.54) is 39.2 Å². The number of fused-ring (bicyclic) bond motifs is 2. The lowest BCUT2D eigenvalue weighted by Crippen LogP contribution is -2.59. The van der Waals surface area contributed by atoms with Crippen LogP contribution >= 0.6 is 0 Å². The number of ether oxygens (including phenoxy) is 3. The lowest BCUT2D eigenvalue weighted by Gasteiger charge is -2.37. The van der Waals surface area contributed by atoms with Gasteiger partial charge in [0, 0.05) is 11.3 Å². The van der Waals surface area contributed by atoms with Gasteiger partial charge in [0.25, 0.3) is 5.91 Å². The van der Waals surface area contributed by atoms with Gasteiger partial charge in [-0.2, -0.15) is 0 Å². The molecule has 2 aliphatic rings. The Hall–Kier alpha value is -3.21. The SMILES string of the molecule is CCOC(=O)[C@@H]1[C@@H]([N+](=O)[O-])C[C@@](C)(O)[C@]12C(=O)N(C(=O)OC(C)(C)C)c1ccc(OC)cc12. The van der Waals surface area contributed by atoms with Gasteiger partial charge in [0.2, 0.25) is 6.04 Å². The van der Waals surface area contributed by atoms with E-state index in [2.05, 4.69) is 0 Å². The highest BCUT2D eigenvalue weighted by Gasteiger charge is 2.77. The molecule has 1 fully saturated rings. The third kappa shape index (κ3) is 3.60. The molecule has 0 aromatic heterocycles. The molecule has 1 saturated carbocycles. The van der Waals surface area contributed by atoms with Crippen LogP contribution in [0.3, 0.4) is 0 Å². The molecule has 0 unspecified atom stereocenters. The predicted octanol–water partition coefficient (Wildman–Crippen LogP) is 2.19. The minimum atomic E-state index is -2.17. The lowest BCUT2D eigenvalue weighted by atomic mass is 9.65. The van der Waals surface area contributed by atoms with Crippen LogP contribution in [0, 0.1) is 16.0 Å². The van der Waals surface area contributed by atoms with Crippen molar-refractivity contribution in [1.82, 2.24) is 0 Å². The van der Waals surface area contributed by atoms with Crippen LogP contribution in [0.15, 0.2) is 18.2 Å². The second-order valence-corrected chi connectivity index (χ2v) is 9.37. The van der Waals surface area contributed by atoms with E-state index in [4.69, 9.17) is 14.2 Å². The zero-order valence-electron chi connectivity index (χ0n) is 19.4. The second kappa shape index (κ2) is 7.98. The second-order valence-electron chi connectivity index (χ2n) is 9.37. The Morgan fingerprint density at radius 1 is 1.33 bits per heavy atom. The Morgan fingerprint density at radius 3 is 2.48 bits per heavy atom. The number of esters is 1. The standard InChI is InChI=1S/C22H28N2O9/c1-7-32-17(25)16-15(24(29)30)11-21(5,28)22(16)13-10-12(31-6)8-9-14(13)23(18(22)26)19(27)33-20(2,3)4/h8-10,15-16,28H,7,11H2,1-6H3/t15-,16-,21+,22-/m0/s1. The van der Waals surface area contributed by atoms with Gasteiger partial charge < -0.3 is 19.3 Å². The number of carbonyl (C=O) groups excluding carboxylic acids is 3. The van der Waals surface area contributed by atoms with Crippen molar-refractivity contribution in [1.29, 1.82) is 0 Å². The summed E-state index contributed by atoms with van der Waals surface area (Å²) in [6.45, 7) is 7.54. The molecule has 0 radical (unpaired) electrons.